The van der Waals surface area contributed by atoms with Gasteiger partial charge < -0.3 is 20.9 Å². The first-order valence-corrected chi connectivity index (χ1v) is 8.27. The van der Waals surface area contributed by atoms with Crippen molar-refractivity contribution in [3.63, 3.8) is 0 Å². The predicted octanol–water partition coefficient (Wildman–Crippen LogP) is 0.994. The zero-order chi connectivity index (χ0) is 21.0. The molecule has 4 N–H and O–H groups in total. The highest BCUT2D eigenvalue weighted by Crippen LogP contribution is 2.33. The van der Waals surface area contributed by atoms with E-state index in [1.807, 2.05) is 0 Å². The molecule has 0 aliphatic heterocycles. The van der Waals surface area contributed by atoms with Crippen molar-refractivity contribution in [1.82, 2.24) is 15.6 Å². The zero-order valence-electron chi connectivity index (χ0n) is 14.8. The molecule has 12 nitrogen and oxygen atoms in total. The number of amides is 1. The molecule has 0 radical (unpaired) electrons. The smallest absolute Gasteiger partial charge is 0.326 e. The highest BCUT2D eigenvalue weighted by molar-refractivity contribution is 5.88. The Balaban J connectivity index is 1.76. The number of aliphatic carboxylic acids is 1. The van der Waals surface area contributed by atoms with Gasteiger partial charge in [0.1, 0.15) is 11.8 Å². The van der Waals surface area contributed by atoms with Crippen LogP contribution in [-0.2, 0) is 16.0 Å². The Morgan fingerprint density at radius 3 is 2.52 bits per heavy atom. The maximum Gasteiger partial charge on any atom is 0.326 e. The molecule has 0 saturated carbocycles. The summed E-state index contributed by atoms with van der Waals surface area (Å²) in [5, 5.41) is 29.7. The van der Waals surface area contributed by atoms with Crippen LogP contribution in [0.1, 0.15) is 5.56 Å². The highest BCUT2D eigenvalue weighted by atomic mass is 16.6. The molecule has 3 rings (SSSR count). The molecule has 150 valence electrons. The van der Waals surface area contributed by atoms with Crippen molar-refractivity contribution in [1.29, 1.82) is 0 Å². The first kappa shape index (κ1) is 19.7. The van der Waals surface area contributed by atoms with Crippen LogP contribution < -0.4 is 15.8 Å². The van der Waals surface area contributed by atoms with Crippen LogP contribution in [0.15, 0.2) is 41.0 Å². The van der Waals surface area contributed by atoms with Crippen LogP contribution in [0.25, 0.3) is 11.0 Å². The summed E-state index contributed by atoms with van der Waals surface area (Å²) in [6, 6.07) is 7.91. The summed E-state index contributed by atoms with van der Waals surface area (Å²) in [5.74, 6) is -1.16. The molecule has 29 heavy (non-hydrogen) atoms. The largest absolute Gasteiger partial charge is 0.480 e. The second-order valence-corrected chi connectivity index (χ2v) is 5.91. The molecule has 3 aromatic rings. The molecular formula is C17H15N5O7. The fourth-order valence-electron chi connectivity index (χ4n) is 2.57. The van der Waals surface area contributed by atoms with Gasteiger partial charge in [-0.05, 0) is 34.1 Å². The van der Waals surface area contributed by atoms with Gasteiger partial charge in [-0.2, -0.15) is 0 Å². The number of carbonyl (C=O) groups is 2. The van der Waals surface area contributed by atoms with E-state index in [4.69, 9.17) is 10.5 Å². The molecule has 0 spiro atoms. The van der Waals surface area contributed by atoms with Crippen LogP contribution in [0.3, 0.4) is 0 Å². The SMILES string of the molecule is NCC(=O)N[C@@H](Cc1ccc(Oc2ccc([N+](=O)[O-])c3nonc23)cc1)C(=O)O. The Labute approximate surface area is 162 Å². The summed E-state index contributed by atoms with van der Waals surface area (Å²) >= 11 is 0. The minimum atomic E-state index is -1.18. The van der Waals surface area contributed by atoms with E-state index in [9.17, 15) is 24.8 Å². The fraction of sp³-hybridized carbons (Fsp3) is 0.176. The lowest BCUT2D eigenvalue weighted by atomic mass is 10.1. The summed E-state index contributed by atoms with van der Waals surface area (Å²) in [6.45, 7) is -0.308. The van der Waals surface area contributed by atoms with Crippen molar-refractivity contribution in [3.8, 4) is 11.5 Å². The van der Waals surface area contributed by atoms with Crippen molar-refractivity contribution in [2.24, 2.45) is 5.73 Å². The van der Waals surface area contributed by atoms with Gasteiger partial charge in [-0.3, -0.25) is 14.9 Å². The number of benzene rings is 2. The van der Waals surface area contributed by atoms with Gasteiger partial charge in [0.25, 0.3) is 0 Å². The number of rotatable bonds is 8. The van der Waals surface area contributed by atoms with Crippen LogP contribution >= 0.6 is 0 Å². The molecule has 0 aliphatic carbocycles. The van der Waals surface area contributed by atoms with Gasteiger partial charge in [0.05, 0.1) is 11.5 Å². The third kappa shape index (κ3) is 4.44. The van der Waals surface area contributed by atoms with Gasteiger partial charge in [0.2, 0.25) is 11.4 Å². The van der Waals surface area contributed by atoms with E-state index in [1.54, 1.807) is 24.3 Å². The number of carboxylic acid groups (broad SMARTS) is 1. The van der Waals surface area contributed by atoms with Crippen LogP contribution in [0.4, 0.5) is 5.69 Å². The first-order valence-electron chi connectivity index (χ1n) is 8.27. The summed E-state index contributed by atoms with van der Waals surface area (Å²) in [7, 11) is 0. The lowest BCUT2D eigenvalue weighted by Crippen LogP contribution is -2.44. The molecule has 0 unspecified atom stereocenters. The number of hydrogen-bond donors (Lipinski definition) is 3. The normalized spacial score (nSPS) is 11.8. The van der Waals surface area contributed by atoms with Gasteiger partial charge >= 0.3 is 11.7 Å². The van der Waals surface area contributed by atoms with Gasteiger partial charge in [0, 0.05) is 12.5 Å². The minimum absolute atomic E-state index is 0.0379. The van der Waals surface area contributed by atoms with E-state index in [-0.39, 0.29) is 35.4 Å². The maximum absolute atomic E-state index is 11.3. The van der Waals surface area contributed by atoms with E-state index >= 15 is 0 Å². The molecule has 0 aliphatic rings. The van der Waals surface area contributed by atoms with E-state index in [0.717, 1.165) is 0 Å². The number of nitro benzene ring substituents is 1. The van der Waals surface area contributed by atoms with Crippen LogP contribution in [0.2, 0.25) is 0 Å². The minimum Gasteiger partial charge on any atom is -0.480 e. The Morgan fingerprint density at radius 1 is 1.21 bits per heavy atom. The number of hydrogen-bond acceptors (Lipinski definition) is 9. The molecule has 12 heteroatoms. The number of fused-ring (bicyclic) bond motifs is 1. The van der Waals surface area contributed by atoms with Gasteiger partial charge in [-0.15, -0.1) is 0 Å². The van der Waals surface area contributed by atoms with E-state index < -0.39 is 22.8 Å². The molecule has 1 amide bonds. The third-order valence-corrected chi connectivity index (χ3v) is 3.96. The fourth-order valence-corrected chi connectivity index (χ4v) is 2.57. The van der Waals surface area contributed by atoms with E-state index in [2.05, 4.69) is 20.3 Å². The molecule has 0 bridgehead atoms. The number of carboxylic acids is 1. The Hall–Kier alpha value is -4.06. The molecule has 0 fully saturated rings. The van der Waals surface area contributed by atoms with Crippen molar-refractivity contribution < 1.29 is 29.0 Å². The second kappa shape index (κ2) is 8.31. The summed E-state index contributed by atoms with van der Waals surface area (Å²) in [5.41, 5.74) is 5.62. The van der Waals surface area contributed by atoms with Gasteiger partial charge in [-0.25, -0.2) is 9.42 Å². The molecule has 0 saturated heterocycles. The topological polar surface area (TPSA) is 184 Å². The number of nitrogens with one attached hydrogen (secondary N) is 1. The maximum atomic E-state index is 11.3. The predicted molar refractivity (Wildman–Crippen MR) is 97.3 cm³/mol. The number of aromatic nitrogens is 2. The number of nitro groups is 1. The number of nitrogens with two attached hydrogens (primary N) is 1. The number of carbonyl (C=O) groups excluding carboxylic acids is 1. The molecule has 1 atom stereocenters. The number of ether oxygens (including phenoxy) is 1. The van der Waals surface area contributed by atoms with Crippen LogP contribution in [0.5, 0.6) is 11.5 Å². The molecule has 1 heterocycles. The molecule has 2 aromatic carbocycles. The van der Waals surface area contributed by atoms with Gasteiger partial charge in [0.15, 0.2) is 11.3 Å². The van der Waals surface area contributed by atoms with Crippen molar-refractivity contribution >= 4 is 28.6 Å². The Bertz CT molecular complexity index is 1060. The first-order chi connectivity index (χ1) is 13.9. The zero-order valence-corrected chi connectivity index (χ0v) is 14.8. The lowest BCUT2D eigenvalue weighted by molar-refractivity contribution is -0.383. The van der Waals surface area contributed by atoms with Crippen LogP contribution in [0, 0.1) is 10.1 Å². The number of nitrogens with zero attached hydrogens (tertiary/aromatic N) is 3. The lowest BCUT2D eigenvalue weighted by Gasteiger charge is -2.14. The van der Waals surface area contributed by atoms with E-state index in [1.165, 1.54) is 12.1 Å². The highest BCUT2D eigenvalue weighted by Gasteiger charge is 2.21. The van der Waals surface area contributed by atoms with Crippen molar-refractivity contribution in [2.75, 3.05) is 6.54 Å². The summed E-state index contributed by atoms with van der Waals surface area (Å²) in [6.07, 6.45) is 0.0519. The van der Waals surface area contributed by atoms with Gasteiger partial charge in [-0.1, -0.05) is 12.1 Å². The average Bonchev–Trinajstić information content (AvgIpc) is 3.18. The summed E-state index contributed by atoms with van der Waals surface area (Å²) in [4.78, 5) is 33.1. The third-order valence-electron chi connectivity index (χ3n) is 3.96. The Kier molecular flexibility index (Phi) is 5.64. The number of non-ortho nitro benzene ring substituents is 1. The summed E-state index contributed by atoms with van der Waals surface area (Å²) < 4.78 is 10.3. The Morgan fingerprint density at radius 2 is 1.90 bits per heavy atom. The quantitative estimate of drug-likeness (QED) is 0.363. The monoisotopic (exact) mass is 401 g/mol. The second-order valence-electron chi connectivity index (χ2n) is 5.91. The average molecular weight is 401 g/mol. The van der Waals surface area contributed by atoms with E-state index in [0.29, 0.717) is 11.3 Å². The van der Waals surface area contributed by atoms with Crippen LogP contribution in [-0.4, -0.2) is 44.8 Å². The molecule has 1 aromatic heterocycles. The standard InChI is InChI=1S/C17H15N5O7/c18-8-14(23)19-11(17(24)25)7-9-1-3-10(4-2-9)28-13-6-5-12(22(26)27)15-16(13)21-29-20-15/h1-6,11H,7-8,18H2,(H,19,23)(H,24,25)/t11-/m0/s1. The molecular weight excluding hydrogens is 386 g/mol. The van der Waals surface area contributed by atoms with Crippen molar-refractivity contribution in [3.05, 3.63) is 52.1 Å². The van der Waals surface area contributed by atoms with Crippen molar-refractivity contribution in [2.45, 2.75) is 12.5 Å².